The molecule has 3 nitrogen and oxygen atoms in total. The van der Waals surface area contributed by atoms with Crippen LogP contribution in [0.3, 0.4) is 0 Å². The lowest BCUT2D eigenvalue weighted by atomic mass is 10.1. The molecule has 0 aliphatic heterocycles. The van der Waals surface area contributed by atoms with E-state index in [4.69, 9.17) is 21.1 Å². The molecule has 0 radical (unpaired) electrons. The number of ether oxygens (including phenoxy) is 2. The molecule has 3 rings (SSSR count). The number of aryl methyl sites for hydroxylation is 1. The van der Waals surface area contributed by atoms with Crippen molar-refractivity contribution < 1.29 is 13.9 Å². The van der Waals surface area contributed by atoms with E-state index in [2.05, 4.69) is 36.5 Å². The summed E-state index contributed by atoms with van der Waals surface area (Å²) >= 11 is 6.07. The van der Waals surface area contributed by atoms with Gasteiger partial charge in [0.2, 0.25) is 0 Å². The lowest BCUT2D eigenvalue weighted by Crippen LogP contribution is -2.26. The molecule has 6 heteroatoms. The summed E-state index contributed by atoms with van der Waals surface area (Å²) in [7, 11) is 1.60. The van der Waals surface area contributed by atoms with Crippen molar-refractivity contribution in [3.05, 3.63) is 94.3 Å². The first kappa shape index (κ1) is 25.0. The molecule has 0 aliphatic rings. The van der Waals surface area contributed by atoms with Gasteiger partial charge in [0.1, 0.15) is 12.4 Å². The van der Waals surface area contributed by atoms with Crippen molar-refractivity contribution in [1.82, 2.24) is 5.32 Å². The summed E-state index contributed by atoms with van der Waals surface area (Å²) in [5, 5.41) is 3.90. The molecular formula is C25H28Cl2FNO2. The van der Waals surface area contributed by atoms with E-state index in [9.17, 15) is 4.39 Å². The van der Waals surface area contributed by atoms with Gasteiger partial charge in [-0.05, 0) is 55.2 Å². The summed E-state index contributed by atoms with van der Waals surface area (Å²) in [6.45, 7) is 2.96. The monoisotopic (exact) mass is 463 g/mol. The molecule has 0 fully saturated rings. The largest absolute Gasteiger partial charge is 0.493 e. The molecule has 1 atom stereocenters. The lowest BCUT2D eigenvalue weighted by molar-refractivity contribution is 0.279. The number of benzene rings is 3. The average Bonchev–Trinajstić information content (AvgIpc) is 2.77. The maximum Gasteiger partial charge on any atom is 0.161 e. The molecule has 0 spiro atoms. The highest BCUT2D eigenvalue weighted by molar-refractivity contribution is 6.31. The number of hydrogen-bond donors (Lipinski definition) is 1. The fraction of sp³-hybridized carbons (Fsp3) is 0.280. The molecule has 0 saturated heterocycles. The molecule has 0 saturated carbocycles. The Morgan fingerprint density at radius 3 is 2.45 bits per heavy atom. The topological polar surface area (TPSA) is 30.5 Å². The van der Waals surface area contributed by atoms with Gasteiger partial charge in [0.05, 0.1) is 12.1 Å². The third kappa shape index (κ3) is 7.42. The fourth-order valence-corrected chi connectivity index (χ4v) is 3.40. The van der Waals surface area contributed by atoms with Crippen LogP contribution in [0.2, 0.25) is 5.02 Å². The molecule has 3 aromatic rings. The Kier molecular flexibility index (Phi) is 10.1. The minimum atomic E-state index is -0.383. The van der Waals surface area contributed by atoms with Crippen molar-refractivity contribution in [2.75, 3.05) is 7.11 Å². The molecule has 166 valence electrons. The molecule has 0 aromatic heterocycles. The first-order chi connectivity index (χ1) is 14.6. The van der Waals surface area contributed by atoms with Gasteiger partial charge in [0.25, 0.3) is 0 Å². The van der Waals surface area contributed by atoms with Crippen LogP contribution < -0.4 is 14.8 Å². The molecule has 1 unspecified atom stereocenters. The standard InChI is InChI=1S/C25H27ClFNO2.ClH/c1-18(11-12-19-7-4-3-5-8-19)28-16-20-13-14-24(25(15-20)29-2)30-17-21-22(26)9-6-10-23(21)27;/h3-10,13-15,18,28H,11-12,16-17H2,1-2H3;1H. The van der Waals surface area contributed by atoms with Gasteiger partial charge < -0.3 is 14.8 Å². The average molecular weight is 464 g/mol. The summed E-state index contributed by atoms with van der Waals surface area (Å²) < 4.78 is 25.2. The van der Waals surface area contributed by atoms with Gasteiger partial charge in [0, 0.05) is 18.2 Å². The van der Waals surface area contributed by atoms with Crippen LogP contribution >= 0.6 is 24.0 Å². The van der Waals surface area contributed by atoms with Crippen molar-refractivity contribution in [2.24, 2.45) is 0 Å². The van der Waals surface area contributed by atoms with E-state index < -0.39 is 0 Å². The van der Waals surface area contributed by atoms with Gasteiger partial charge in [-0.2, -0.15) is 0 Å². The first-order valence-electron chi connectivity index (χ1n) is 10.1. The molecule has 3 aromatic carbocycles. The van der Waals surface area contributed by atoms with E-state index in [1.54, 1.807) is 19.2 Å². The molecule has 1 N–H and O–H groups in total. The number of nitrogens with one attached hydrogen (secondary N) is 1. The highest BCUT2D eigenvalue weighted by atomic mass is 35.5. The zero-order chi connectivity index (χ0) is 21.3. The van der Waals surface area contributed by atoms with E-state index in [1.165, 1.54) is 11.6 Å². The van der Waals surface area contributed by atoms with E-state index in [0.717, 1.165) is 24.9 Å². The van der Waals surface area contributed by atoms with Gasteiger partial charge in [-0.25, -0.2) is 4.39 Å². The van der Waals surface area contributed by atoms with Crippen molar-refractivity contribution in [1.29, 1.82) is 0 Å². The van der Waals surface area contributed by atoms with E-state index in [1.807, 2.05) is 24.3 Å². The van der Waals surface area contributed by atoms with Gasteiger partial charge in [-0.1, -0.05) is 54.1 Å². The summed E-state index contributed by atoms with van der Waals surface area (Å²) in [6, 6.07) is 21.2. The van der Waals surface area contributed by atoms with Gasteiger partial charge in [-0.3, -0.25) is 0 Å². The van der Waals surface area contributed by atoms with Crippen LogP contribution in [0.5, 0.6) is 11.5 Å². The maximum atomic E-state index is 13.9. The summed E-state index contributed by atoms with van der Waals surface area (Å²) in [5.41, 5.74) is 2.78. The van der Waals surface area contributed by atoms with Crippen LogP contribution in [0.25, 0.3) is 0 Å². The van der Waals surface area contributed by atoms with Gasteiger partial charge in [0.15, 0.2) is 11.5 Å². The normalized spacial score (nSPS) is 11.5. The number of methoxy groups -OCH3 is 1. The SMILES string of the molecule is COc1cc(CNC(C)CCc2ccccc2)ccc1OCc1c(F)cccc1Cl.Cl. The second kappa shape index (κ2) is 12.6. The Morgan fingerprint density at radius 2 is 1.74 bits per heavy atom. The minimum absolute atomic E-state index is 0. The molecule has 0 heterocycles. The summed E-state index contributed by atoms with van der Waals surface area (Å²) in [6.07, 6.45) is 2.11. The Hall–Kier alpha value is -2.27. The smallest absolute Gasteiger partial charge is 0.161 e. The Bertz CT molecular complexity index is 933. The molecule has 0 amide bonds. The van der Waals surface area contributed by atoms with Crippen LogP contribution in [-0.4, -0.2) is 13.2 Å². The number of halogens is 3. The summed E-state index contributed by atoms with van der Waals surface area (Å²) in [5.74, 6) is 0.781. The predicted molar refractivity (Wildman–Crippen MR) is 127 cm³/mol. The predicted octanol–water partition coefficient (Wildman–Crippen LogP) is 6.60. The van der Waals surface area contributed by atoms with E-state index in [0.29, 0.717) is 28.1 Å². The quantitative estimate of drug-likeness (QED) is 0.367. The molecular weight excluding hydrogens is 436 g/mol. The Balaban J connectivity index is 0.00000341. The van der Waals surface area contributed by atoms with Crippen molar-refractivity contribution in [3.63, 3.8) is 0 Å². The van der Waals surface area contributed by atoms with Crippen molar-refractivity contribution >= 4 is 24.0 Å². The zero-order valence-electron chi connectivity index (χ0n) is 17.7. The zero-order valence-corrected chi connectivity index (χ0v) is 19.3. The Morgan fingerprint density at radius 1 is 0.968 bits per heavy atom. The third-order valence-corrected chi connectivity index (χ3v) is 5.38. The number of rotatable bonds is 10. The number of hydrogen-bond acceptors (Lipinski definition) is 3. The van der Waals surface area contributed by atoms with E-state index in [-0.39, 0.29) is 24.8 Å². The second-order valence-electron chi connectivity index (χ2n) is 7.28. The summed E-state index contributed by atoms with van der Waals surface area (Å²) in [4.78, 5) is 0. The van der Waals surface area contributed by atoms with Crippen LogP contribution in [0.1, 0.15) is 30.0 Å². The second-order valence-corrected chi connectivity index (χ2v) is 7.69. The van der Waals surface area contributed by atoms with E-state index >= 15 is 0 Å². The first-order valence-corrected chi connectivity index (χ1v) is 10.4. The molecule has 31 heavy (non-hydrogen) atoms. The van der Waals surface area contributed by atoms with Crippen LogP contribution in [0.4, 0.5) is 4.39 Å². The highest BCUT2D eigenvalue weighted by Crippen LogP contribution is 2.30. The van der Waals surface area contributed by atoms with Crippen LogP contribution in [0.15, 0.2) is 66.7 Å². The van der Waals surface area contributed by atoms with Gasteiger partial charge >= 0.3 is 0 Å². The lowest BCUT2D eigenvalue weighted by Gasteiger charge is -2.16. The molecule has 0 bridgehead atoms. The van der Waals surface area contributed by atoms with Crippen LogP contribution in [0, 0.1) is 5.82 Å². The highest BCUT2D eigenvalue weighted by Gasteiger charge is 2.11. The molecule has 0 aliphatic carbocycles. The third-order valence-electron chi connectivity index (χ3n) is 5.03. The van der Waals surface area contributed by atoms with Crippen molar-refractivity contribution in [2.45, 2.75) is 39.0 Å². The minimum Gasteiger partial charge on any atom is -0.493 e. The fourth-order valence-electron chi connectivity index (χ4n) is 3.18. The van der Waals surface area contributed by atoms with Crippen molar-refractivity contribution in [3.8, 4) is 11.5 Å². The van der Waals surface area contributed by atoms with Gasteiger partial charge in [-0.15, -0.1) is 12.4 Å². The van der Waals surface area contributed by atoms with Crippen LogP contribution in [-0.2, 0) is 19.6 Å². The maximum absolute atomic E-state index is 13.9. The Labute approximate surface area is 194 Å².